The summed E-state index contributed by atoms with van der Waals surface area (Å²) in [5, 5.41) is 9.53. The van der Waals surface area contributed by atoms with E-state index in [1.807, 2.05) is 12.4 Å². The highest BCUT2D eigenvalue weighted by Crippen LogP contribution is 2.10. The monoisotopic (exact) mass is 491 g/mol. The molecule has 0 spiro atoms. The van der Waals surface area contributed by atoms with E-state index >= 15 is 0 Å². The van der Waals surface area contributed by atoms with E-state index in [0.717, 1.165) is 44.3 Å². The van der Waals surface area contributed by atoms with E-state index in [1.54, 1.807) is 14.1 Å². The number of halogens is 1. The van der Waals surface area contributed by atoms with Gasteiger partial charge in [0.25, 0.3) is 0 Å². The summed E-state index contributed by atoms with van der Waals surface area (Å²) >= 11 is 0. The number of amides is 1. The predicted molar refractivity (Wildman–Crippen MR) is 119 cm³/mol. The largest absolute Gasteiger partial charge is 0.358 e. The van der Waals surface area contributed by atoms with Gasteiger partial charge in [0.15, 0.2) is 5.96 Å². The van der Waals surface area contributed by atoms with Crippen LogP contribution >= 0.6 is 24.0 Å². The summed E-state index contributed by atoms with van der Waals surface area (Å²) < 4.78 is 2.18. The number of carbonyl (C=O) groups excluding carboxylic acids is 1. The van der Waals surface area contributed by atoms with Gasteiger partial charge in [-0.1, -0.05) is 13.8 Å². The Labute approximate surface area is 179 Å². The molecule has 9 heteroatoms. The molecule has 1 aliphatic rings. The Hall–Kier alpha value is -1.36. The fraction of sp³-hybridized carbons (Fsp3) is 0.722. The number of aliphatic imine (C=N–C) groups is 1. The molecule has 0 aromatic carbocycles. The van der Waals surface area contributed by atoms with Gasteiger partial charge < -0.3 is 20.5 Å². The summed E-state index contributed by atoms with van der Waals surface area (Å²) in [6.45, 7) is 8.33. The third-order valence-corrected chi connectivity index (χ3v) is 4.58. The van der Waals surface area contributed by atoms with Crippen molar-refractivity contribution in [2.45, 2.75) is 45.8 Å². The summed E-state index contributed by atoms with van der Waals surface area (Å²) in [5.74, 6) is 2.47. The molecule has 1 saturated heterocycles. The van der Waals surface area contributed by atoms with Crippen LogP contribution in [0.4, 0.5) is 0 Å². The number of likely N-dealkylation sites (tertiary alicyclic amines) is 1. The predicted octanol–water partition coefficient (Wildman–Crippen LogP) is 1.03. The molecule has 27 heavy (non-hydrogen) atoms. The highest BCUT2D eigenvalue weighted by molar-refractivity contribution is 14.0. The van der Waals surface area contributed by atoms with Crippen LogP contribution in [0.5, 0.6) is 0 Å². The number of carbonyl (C=O) groups is 1. The van der Waals surface area contributed by atoms with E-state index in [1.165, 1.54) is 0 Å². The van der Waals surface area contributed by atoms with Gasteiger partial charge in [-0.15, -0.1) is 24.0 Å². The van der Waals surface area contributed by atoms with Crippen molar-refractivity contribution < 1.29 is 4.79 Å². The maximum atomic E-state index is 11.5. The zero-order valence-electron chi connectivity index (χ0n) is 16.9. The molecule has 1 aromatic rings. The van der Waals surface area contributed by atoms with Crippen molar-refractivity contribution in [1.82, 2.24) is 30.4 Å². The fourth-order valence-electron chi connectivity index (χ4n) is 3.14. The minimum absolute atomic E-state index is 0. The average Bonchev–Trinajstić information content (AvgIpc) is 3.06. The molecule has 3 N–H and O–H groups in total. The Balaban J connectivity index is 0.00000364. The van der Waals surface area contributed by atoms with Crippen molar-refractivity contribution in [1.29, 1.82) is 0 Å². The van der Waals surface area contributed by atoms with Crippen LogP contribution in [0.3, 0.4) is 0 Å². The molecule has 0 aliphatic carbocycles. The molecule has 1 fully saturated rings. The maximum Gasteiger partial charge on any atom is 0.233 e. The van der Waals surface area contributed by atoms with E-state index in [4.69, 9.17) is 0 Å². The standard InChI is InChI=1S/C18H33N7O.HI/c1-14(2)12-25-10-7-21-16(25)11-22-18(20-4)23-15-5-8-24(9-6-15)13-17(26)19-3;/h7,10,14-15H,5-6,8-9,11-13H2,1-4H3,(H,19,26)(H2,20,22,23);1H. The van der Waals surface area contributed by atoms with Gasteiger partial charge in [0.05, 0.1) is 13.1 Å². The average molecular weight is 491 g/mol. The minimum atomic E-state index is 0. The normalized spacial score (nSPS) is 16.1. The number of aromatic nitrogens is 2. The second kappa shape index (κ2) is 12.2. The molecule has 2 heterocycles. The number of rotatable bonds is 7. The summed E-state index contributed by atoms with van der Waals surface area (Å²) in [7, 11) is 3.47. The third-order valence-electron chi connectivity index (χ3n) is 4.58. The van der Waals surface area contributed by atoms with Crippen LogP contribution in [-0.4, -0.2) is 66.1 Å². The molecule has 0 radical (unpaired) electrons. The van der Waals surface area contributed by atoms with E-state index in [0.29, 0.717) is 25.0 Å². The van der Waals surface area contributed by atoms with Crippen molar-refractivity contribution in [3.05, 3.63) is 18.2 Å². The highest BCUT2D eigenvalue weighted by atomic mass is 127. The summed E-state index contributed by atoms with van der Waals surface area (Å²) in [6, 6.07) is 0.373. The fourth-order valence-corrected chi connectivity index (χ4v) is 3.14. The number of nitrogens with one attached hydrogen (secondary N) is 3. The lowest BCUT2D eigenvalue weighted by atomic mass is 10.1. The van der Waals surface area contributed by atoms with E-state index in [2.05, 4.69) is 49.2 Å². The number of piperidine rings is 1. The van der Waals surface area contributed by atoms with Gasteiger partial charge in [0, 0.05) is 52.2 Å². The van der Waals surface area contributed by atoms with Crippen LogP contribution in [0.25, 0.3) is 0 Å². The first kappa shape index (κ1) is 23.7. The van der Waals surface area contributed by atoms with Crippen molar-refractivity contribution in [3.63, 3.8) is 0 Å². The van der Waals surface area contributed by atoms with Gasteiger partial charge in [-0.3, -0.25) is 14.7 Å². The van der Waals surface area contributed by atoms with Crippen LogP contribution < -0.4 is 16.0 Å². The van der Waals surface area contributed by atoms with E-state index in [9.17, 15) is 4.79 Å². The van der Waals surface area contributed by atoms with E-state index < -0.39 is 0 Å². The Morgan fingerprint density at radius 1 is 1.37 bits per heavy atom. The van der Waals surface area contributed by atoms with Gasteiger partial charge in [0.2, 0.25) is 5.91 Å². The number of nitrogens with zero attached hydrogens (tertiary/aromatic N) is 4. The van der Waals surface area contributed by atoms with Crippen molar-refractivity contribution in [2.75, 3.05) is 33.7 Å². The van der Waals surface area contributed by atoms with Crippen molar-refractivity contribution >= 4 is 35.8 Å². The molecule has 0 bridgehead atoms. The van der Waals surface area contributed by atoms with Gasteiger partial charge in [-0.25, -0.2) is 4.98 Å². The van der Waals surface area contributed by atoms with Gasteiger partial charge in [-0.2, -0.15) is 0 Å². The second-order valence-corrected chi connectivity index (χ2v) is 7.18. The van der Waals surface area contributed by atoms with Gasteiger partial charge >= 0.3 is 0 Å². The topological polar surface area (TPSA) is 86.6 Å². The maximum absolute atomic E-state index is 11.5. The molecular weight excluding hydrogens is 457 g/mol. The first-order valence-corrected chi connectivity index (χ1v) is 9.42. The lowest BCUT2D eigenvalue weighted by molar-refractivity contribution is -0.122. The lowest BCUT2D eigenvalue weighted by Gasteiger charge is -2.32. The molecule has 0 atom stereocenters. The molecule has 1 aliphatic heterocycles. The van der Waals surface area contributed by atoms with Crippen LogP contribution in [-0.2, 0) is 17.9 Å². The Kier molecular flexibility index (Phi) is 10.7. The smallest absolute Gasteiger partial charge is 0.233 e. The van der Waals surface area contributed by atoms with Crippen LogP contribution in [0, 0.1) is 5.92 Å². The molecule has 1 amide bonds. The van der Waals surface area contributed by atoms with Crippen molar-refractivity contribution in [3.8, 4) is 0 Å². The van der Waals surface area contributed by atoms with Gasteiger partial charge in [0.1, 0.15) is 5.82 Å². The number of hydrogen-bond donors (Lipinski definition) is 3. The molecular formula is C18H34IN7O. The van der Waals surface area contributed by atoms with Crippen LogP contribution in [0.2, 0.25) is 0 Å². The molecule has 2 rings (SSSR count). The molecule has 154 valence electrons. The lowest BCUT2D eigenvalue weighted by Crippen LogP contribution is -2.49. The quantitative estimate of drug-likeness (QED) is 0.302. The van der Waals surface area contributed by atoms with E-state index in [-0.39, 0.29) is 29.9 Å². The van der Waals surface area contributed by atoms with Gasteiger partial charge in [-0.05, 0) is 18.8 Å². The number of guanidine groups is 1. The zero-order valence-corrected chi connectivity index (χ0v) is 19.2. The van der Waals surface area contributed by atoms with Crippen molar-refractivity contribution in [2.24, 2.45) is 10.9 Å². The highest BCUT2D eigenvalue weighted by Gasteiger charge is 2.21. The first-order chi connectivity index (χ1) is 12.5. The number of hydrogen-bond acceptors (Lipinski definition) is 4. The minimum Gasteiger partial charge on any atom is -0.358 e. The Morgan fingerprint density at radius 2 is 2.07 bits per heavy atom. The van der Waals surface area contributed by atoms with Crippen LogP contribution in [0.1, 0.15) is 32.5 Å². The Morgan fingerprint density at radius 3 is 2.67 bits per heavy atom. The van der Waals surface area contributed by atoms with Crippen LogP contribution in [0.15, 0.2) is 17.4 Å². The SMILES string of the molecule is CN=C(NCc1nccn1CC(C)C)NC1CCN(CC(=O)NC)CC1.I. The number of likely N-dealkylation sites (N-methyl/N-ethyl adjacent to an activating group) is 1. The first-order valence-electron chi connectivity index (χ1n) is 9.42. The summed E-state index contributed by atoms with van der Waals surface area (Å²) in [6.07, 6.45) is 5.87. The summed E-state index contributed by atoms with van der Waals surface area (Å²) in [4.78, 5) is 22.4. The number of imidazole rings is 1. The molecule has 0 unspecified atom stereocenters. The molecule has 8 nitrogen and oxygen atoms in total. The third kappa shape index (κ3) is 8.04. The zero-order chi connectivity index (χ0) is 18.9. The summed E-state index contributed by atoms with van der Waals surface area (Å²) in [5.41, 5.74) is 0. The molecule has 0 saturated carbocycles. The second-order valence-electron chi connectivity index (χ2n) is 7.18. The Bertz CT molecular complexity index is 594. The molecule has 1 aromatic heterocycles.